The lowest BCUT2D eigenvalue weighted by atomic mass is 9.75. The molecule has 1 spiro atoms. The van der Waals surface area contributed by atoms with Crippen LogP contribution >= 0.6 is 0 Å². The molecule has 0 aliphatic carbocycles. The van der Waals surface area contributed by atoms with E-state index in [4.69, 9.17) is 0 Å². The fraction of sp³-hybridized carbons (Fsp3) is 0.375. The first-order valence-electron chi connectivity index (χ1n) is 11.2. The van der Waals surface area contributed by atoms with Gasteiger partial charge in [0, 0.05) is 36.0 Å². The molecule has 0 N–H and O–H groups in total. The molecule has 2 aromatic rings. The van der Waals surface area contributed by atoms with E-state index < -0.39 is 28.2 Å². The third-order valence-electron chi connectivity index (χ3n) is 7.78. The summed E-state index contributed by atoms with van der Waals surface area (Å²) in [6.07, 6.45) is 1.60. The Morgan fingerprint density at radius 3 is 2.48 bits per heavy atom. The lowest BCUT2D eigenvalue weighted by Crippen LogP contribution is -2.56. The molecule has 4 atom stereocenters. The van der Waals surface area contributed by atoms with Crippen LogP contribution in [0, 0.1) is 22.0 Å². The number of fused-ring (bicyclic) bond motifs is 7. The number of para-hydroxylation sites is 1. The molecule has 3 saturated heterocycles. The van der Waals surface area contributed by atoms with E-state index in [1.807, 2.05) is 31.2 Å². The smallest absolute Gasteiger partial charge is 0.269 e. The van der Waals surface area contributed by atoms with Gasteiger partial charge in [0.25, 0.3) is 11.6 Å². The molecule has 2 aromatic carbocycles. The molecule has 33 heavy (non-hydrogen) atoms. The number of nitrogens with zero attached hydrogens (tertiary/aromatic N) is 4. The van der Waals surface area contributed by atoms with Crippen LogP contribution in [0.15, 0.2) is 48.5 Å². The second kappa shape index (κ2) is 6.71. The Kier molecular flexibility index (Phi) is 4.08. The van der Waals surface area contributed by atoms with E-state index in [0.717, 1.165) is 29.0 Å². The molecule has 0 aromatic heterocycles. The van der Waals surface area contributed by atoms with E-state index in [9.17, 15) is 24.5 Å². The van der Waals surface area contributed by atoms with Crippen LogP contribution in [-0.4, -0.2) is 46.7 Å². The van der Waals surface area contributed by atoms with Crippen LogP contribution in [0.3, 0.4) is 0 Å². The topological polar surface area (TPSA) is 104 Å². The predicted molar refractivity (Wildman–Crippen MR) is 118 cm³/mol. The summed E-state index contributed by atoms with van der Waals surface area (Å²) in [7, 11) is 0. The second-order valence-corrected chi connectivity index (χ2v) is 9.02. The monoisotopic (exact) mass is 446 g/mol. The highest BCUT2D eigenvalue weighted by Crippen LogP contribution is 2.61. The van der Waals surface area contributed by atoms with Crippen molar-refractivity contribution in [2.45, 2.75) is 31.3 Å². The second-order valence-electron chi connectivity index (χ2n) is 9.02. The van der Waals surface area contributed by atoms with E-state index in [-0.39, 0.29) is 23.5 Å². The van der Waals surface area contributed by atoms with Crippen LogP contribution in [-0.2, 0) is 19.9 Å². The lowest BCUT2D eigenvalue weighted by Gasteiger charge is -2.37. The van der Waals surface area contributed by atoms with Gasteiger partial charge in [0.05, 0.1) is 22.4 Å². The third kappa shape index (κ3) is 2.27. The summed E-state index contributed by atoms with van der Waals surface area (Å²) < 4.78 is 0. The zero-order chi connectivity index (χ0) is 23.1. The Labute approximate surface area is 189 Å². The molecule has 6 rings (SSSR count). The van der Waals surface area contributed by atoms with Crippen molar-refractivity contribution in [1.82, 2.24) is 4.90 Å². The van der Waals surface area contributed by atoms with Gasteiger partial charge >= 0.3 is 0 Å². The van der Waals surface area contributed by atoms with Crippen molar-refractivity contribution in [3.63, 3.8) is 0 Å². The van der Waals surface area contributed by atoms with Gasteiger partial charge in [-0.3, -0.25) is 29.4 Å². The minimum atomic E-state index is -1.19. The fourth-order valence-corrected chi connectivity index (χ4v) is 6.63. The average molecular weight is 446 g/mol. The van der Waals surface area contributed by atoms with E-state index in [1.165, 1.54) is 24.3 Å². The number of carbonyl (C=O) groups is 3. The molecule has 168 valence electrons. The average Bonchev–Trinajstić information content (AvgIpc) is 3.51. The van der Waals surface area contributed by atoms with Crippen molar-refractivity contribution in [2.75, 3.05) is 22.9 Å². The van der Waals surface area contributed by atoms with Crippen molar-refractivity contribution >= 4 is 34.8 Å². The number of imide groups is 1. The Morgan fingerprint density at radius 1 is 1.06 bits per heavy atom. The van der Waals surface area contributed by atoms with Crippen LogP contribution < -0.4 is 9.80 Å². The quantitative estimate of drug-likeness (QED) is 0.408. The van der Waals surface area contributed by atoms with Crippen LogP contribution in [0.25, 0.3) is 0 Å². The first-order chi connectivity index (χ1) is 15.9. The molecule has 0 unspecified atom stereocenters. The zero-order valence-electron chi connectivity index (χ0n) is 18.0. The van der Waals surface area contributed by atoms with Crippen LogP contribution in [0.1, 0.15) is 25.3 Å². The van der Waals surface area contributed by atoms with Gasteiger partial charge in [0.15, 0.2) is 0 Å². The molecule has 9 heteroatoms. The van der Waals surface area contributed by atoms with Gasteiger partial charge in [0.1, 0.15) is 5.54 Å². The summed E-state index contributed by atoms with van der Waals surface area (Å²) in [6.45, 7) is 3.04. The molecule has 4 heterocycles. The standard InChI is InChI=1S/C24H22N4O5/c1-2-25-17-7-4-3-6-16(17)24(23(25)31)20-19(18-8-5-13-26(18)24)21(29)27(22(20)30)14-9-11-15(12-10-14)28(32)33/h3-4,6-7,9-12,18-20H,2,5,8,13H2,1H3/t18-,19+,20-,24-/m0/s1. The number of rotatable bonds is 3. The number of anilines is 2. The first kappa shape index (κ1) is 20.0. The number of amides is 3. The van der Waals surface area contributed by atoms with Gasteiger partial charge in [-0.1, -0.05) is 18.2 Å². The van der Waals surface area contributed by atoms with E-state index >= 15 is 0 Å². The minimum Gasteiger partial charge on any atom is -0.310 e. The van der Waals surface area contributed by atoms with Crippen LogP contribution in [0.4, 0.5) is 17.1 Å². The number of hydrogen-bond donors (Lipinski definition) is 0. The number of likely N-dealkylation sites (N-methyl/N-ethyl adjacent to an activating group) is 1. The number of benzene rings is 2. The summed E-state index contributed by atoms with van der Waals surface area (Å²) in [6, 6.07) is 12.8. The number of non-ortho nitro benzene ring substituents is 1. The highest BCUT2D eigenvalue weighted by molar-refractivity contribution is 6.26. The first-order valence-corrected chi connectivity index (χ1v) is 11.2. The maximum Gasteiger partial charge on any atom is 0.269 e. The van der Waals surface area contributed by atoms with E-state index in [0.29, 0.717) is 18.8 Å². The van der Waals surface area contributed by atoms with Crippen molar-refractivity contribution < 1.29 is 19.3 Å². The van der Waals surface area contributed by atoms with Crippen molar-refractivity contribution in [3.8, 4) is 0 Å². The Bertz CT molecular complexity index is 1230. The lowest BCUT2D eigenvalue weighted by molar-refractivity contribution is -0.384. The number of hydrogen-bond acceptors (Lipinski definition) is 6. The van der Waals surface area contributed by atoms with Crippen LogP contribution in [0.2, 0.25) is 0 Å². The van der Waals surface area contributed by atoms with Crippen molar-refractivity contribution in [3.05, 3.63) is 64.2 Å². The van der Waals surface area contributed by atoms with Gasteiger partial charge in [-0.15, -0.1) is 0 Å². The van der Waals surface area contributed by atoms with Crippen molar-refractivity contribution in [2.24, 2.45) is 11.8 Å². The molecule has 4 aliphatic rings. The van der Waals surface area contributed by atoms with Gasteiger partial charge in [0.2, 0.25) is 11.8 Å². The highest BCUT2D eigenvalue weighted by Gasteiger charge is 2.75. The Hall–Kier alpha value is -3.59. The number of carbonyl (C=O) groups excluding carboxylic acids is 3. The molecular formula is C24H22N4O5. The fourth-order valence-electron chi connectivity index (χ4n) is 6.63. The molecule has 0 saturated carbocycles. The van der Waals surface area contributed by atoms with Gasteiger partial charge in [-0.05, 0) is 44.5 Å². The van der Waals surface area contributed by atoms with Crippen LogP contribution in [0.5, 0.6) is 0 Å². The number of nitro benzene ring substituents is 1. The zero-order valence-corrected chi connectivity index (χ0v) is 18.0. The van der Waals surface area contributed by atoms with Gasteiger partial charge < -0.3 is 4.90 Å². The molecular weight excluding hydrogens is 424 g/mol. The maximum absolute atomic E-state index is 14.0. The molecule has 0 bridgehead atoms. The summed E-state index contributed by atoms with van der Waals surface area (Å²) in [4.78, 5) is 57.2. The van der Waals surface area contributed by atoms with Gasteiger partial charge in [-0.2, -0.15) is 0 Å². The SMILES string of the molecule is CCN1C(=O)[C@]2(c3ccccc31)[C@@H]1C(=O)N(c3ccc([N+](=O)[O-])cc3)C(=O)[C@@H]1[C@@H]1CCCN12. The molecule has 9 nitrogen and oxygen atoms in total. The minimum absolute atomic E-state index is 0.116. The molecule has 4 aliphatic heterocycles. The number of nitro groups is 1. The largest absolute Gasteiger partial charge is 0.310 e. The maximum atomic E-state index is 14.0. The molecule has 3 fully saturated rings. The normalized spacial score (nSPS) is 30.3. The van der Waals surface area contributed by atoms with E-state index in [1.54, 1.807) is 4.90 Å². The molecule has 3 amide bonds. The summed E-state index contributed by atoms with van der Waals surface area (Å²) >= 11 is 0. The highest BCUT2D eigenvalue weighted by atomic mass is 16.6. The Balaban J connectivity index is 1.52. The van der Waals surface area contributed by atoms with Crippen molar-refractivity contribution in [1.29, 1.82) is 0 Å². The summed E-state index contributed by atoms with van der Waals surface area (Å²) in [5.74, 6) is -2.32. The summed E-state index contributed by atoms with van der Waals surface area (Å²) in [5, 5.41) is 11.0. The third-order valence-corrected chi connectivity index (χ3v) is 7.78. The summed E-state index contributed by atoms with van der Waals surface area (Å²) in [5.41, 5.74) is 0.583. The van der Waals surface area contributed by atoms with E-state index in [2.05, 4.69) is 4.90 Å². The Morgan fingerprint density at radius 2 is 1.79 bits per heavy atom. The predicted octanol–water partition coefficient (Wildman–Crippen LogP) is 2.44. The molecule has 0 radical (unpaired) electrons. The van der Waals surface area contributed by atoms with Gasteiger partial charge in [-0.25, -0.2) is 4.90 Å².